The lowest BCUT2D eigenvalue weighted by atomic mass is 10.1. The zero-order valence-corrected chi connectivity index (χ0v) is 9.90. The van der Waals surface area contributed by atoms with Crippen LogP contribution in [0, 0.1) is 0 Å². The average Bonchev–Trinajstić information content (AvgIpc) is 2.24. The van der Waals surface area contributed by atoms with E-state index in [0.717, 1.165) is 0 Å². The Morgan fingerprint density at radius 1 is 1.30 bits per heavy atom. The molecule has 11 heteroatoms. The van der Waals surface area contributed by atoms with Gasteiger partial charge in [0, 0.05) is 11.8 Å². The van der Waals surface area contributed by atoms with Gasteiger partial charge in [-0.2, -0.15) is 13.2 Å². The van der Waals surface area contributed by atoms with Gasteiger partial charge >= 0.3 is 18.5 Å². The molecule has 0 atom stereocenters. The summed E-state index contributed by atoms with van der Waals surface area (Å²) in [4.78, 5) is 13.7. The Balaban J connectivity index is 3.60. The molecule has 0 saturated carbocycles. The highest BCUT2D eigenvalue weighted by atomic mass is 35.5. The lowest BCUT2D eigenvalue weighted by molar-refractivity contribution is -0.276. The normalized spacial score (nSPS) is 12.3. The van der Waals surface area contributed by atoms with Crippen LogP contribution in [0.5, 0.6) is 5.75 Å². The fourth-order valence-electron chi connectivity index (χ4n) is 1.28. The van der Waals surface area contributed by atoms with E-state index in [4.69, 9.17) is 16.7 Å². The minimum atomic E-state index is -5.45. The summed E-state index contributed by atoms with van der Waals surface area (Å²) in [6, 6.07) is 0. The van der Waals surface area contributed by atoms with E-state index >= 15 is 0 Å². The van der Waals surface area contributed by atoms with Gasteiger partial charge in [0.05, 0.1) is 5.88 Å². The van der Waals surface area contributed by atoms with Crippen LogP contribution in [0.25, 0.3) is 0 Å². The second kappa shape index (κ2) is 5.35. The van der Waals surface area contributed by atoms with Crippen molar-refractivity contribution < 1.29 is 41.0 Å². The number of nitrogens with zero attached hydrogens (tertiary/aromatic N) is 1. The number of aromatic carboxylic acids is 1. The molecular formula is C9H4ClF6NO3. The van der Waals surface area contributed by atoms with E-state index in [9.17, 15) is 31.1 Å². The van der Waals surface area contributed by atoms with Crippen LogP contribution in [-0.4, -0.2) is 22.4 Å². The van der Waals surface area contributed by atoms with Gasteiger partial charge in [0.25, 0.3) is 0 Å². The van der Waals surface area contributed by atoms with Crippen molar-refractivity contribution in [2.24, 2.45) is 0 Å². The van der Waals surface area contributed by atoms with Gasteiger partial charge < -0.3 is 9.84 Å². The number of hydrogen-bond donors (Lipinski definition) is 1. The van der Waals surface area contributed by atoms with Gasteiger partial charge in [0.15, 0.2) is 5.69 Å². The number of hydrogen-bond acceptors (Lipinski definition) is 3. The maximum absolute atomic E-state index is 12.6. The summed E-state index contributed by atoms with van der Waals surface area (Å²) in [6.45, 7) is 0. The molecule has 0 aliphatic rings. The Hall–Kier alpha value is -1.71. The third-order valence-electron chi connectivity index (χ3n) is 1.99. The summed E-state index contributed by atoms with van der Waals surface area (Å²) >= 11 is 5.21. The minimum Gasteiger partial charge on any atom is -0.476 e. The summed E-state index contributed by atoms with van der Waals surface area (Å²) in [5.74, 6) is -4.50. The van der Waals surface area contributed by atoms with E-state index in [1.54, 1.807) is 0 Å². The molecule has 1 heterocycles. The van der Waals surface area contributed by atoms with Gasteiger partial charge in [0.1, 0.15) is 11.3 Å². The van der Waals surface area contributed by atoms with Crippen molar-refractivity contribution in [3.63, 3.8) is 0 Å². The van der Waals surface area contributed by atoms with Crippen LogP contribution in [-0.2, 0) is 12.1 Å². The van der Waals surface area contributed by atoms with Gasteiger partial charge in [-0.15, -0.1) is 24.8 Å². The van der Waals surface area contributed by atoms with Crippen LogP contribution >= 0.6 is 11.6 Å². The predicted octanol–water partition coefficient (Wildman–Crippen LogP) is 3.44. The molecule has 112 valence electrons. The summed E-state index contributed by atoms with van der Waals surface area (Å²) in [5.41, 5.74) is -3.92. The van der Waals surface area contributed by atoms with Gasteiger partial charge in [-0.1, -0.05) is 0 Å². The van der Waals surface area contributed by atoms with Crippen LogP contribution in [0.3, 0.4) is 0 Å². The maximum atomic E-state index is 12.6. The van der Waals surface area contributed by atoms with Crippen molar-refractivity contribution in [2.75, 3.05) is 0 Å². The smallest absolute Gasteiger partial charge is 0.476 e. The number of halogens is 7. The first-order valence-corrected chi connectivity index (χ1v) is 5.15. The molecular weight excluding hydrogens is 320 g/mol. The van der Waals surface area contributed by atoms with Crippen LogP contribution < -0.4 is 4.74 Å². The summed E-state index contributed by atoms with van der Waals surface area (Å²) in [5, 5.41) is 8.67. The fraction of sp³-hybridized carbons (Fsp3) is 0.333. The van der Waals surface area contributed by atoms with Gasteiger partial charge in [0.2, 0.25) is 0 Å². The lowest BCUT2D eigenvalue weighted by Crippen LogP contribution is -2.23. The molecule has 0 spiro atoms. The molecule has 0 radical (unpaired) electrons. The molecule has 0 aromatic carbocycles. The molecule has 0 amide bonds. The van der Waals surface area contributed by atoms with Crippen LogP contribution in [0.4, 0.5) is 26.3 Å². The SMILES string of the molecule is O=C(O)c1ncc(C(F)(F)F)c(OC(F)(F)F)c1CCl. The molecule has 0 aliphatic heterocycles. The molecule has 1 aromatic heterocycles. The molecule has 0 saturated heterocycles. The molecule has 0 aliphatic carbocycles. The second-order valence-corrected chi connectivity index (χ2v) is 3.58. The number of pyridine rings is 1. The minimum absolute atomic E-state index is 0.0550. The summed E-state index contributed by atoms with van der Waals surface area (Å²) < 4.78 is 77.5. The van der Waals surface area contributed by atoms with Crippen molar-refractivity contribution in [1.29, 1.82) is 0 Å². The fourth-order valence-corrected chi connectivity index (χ4v) is 1.53. The summed E-state index contributed by atoms with van der Waals surface area (Å²) in [7, 11) is 0. The monoisotopic (exact) mass is 323 g/mol. The number of ether oxygens (including phenoxy) is 1. The topological polar surface area (TPSA) is 59.4 Å². The standard InChI is InChI=1S/C9H4ClF6NO3/c10-1-3-5(7(18)19)17-2-4(8(11,12)13)6(3)20-9(14,15)16/h2H,1H2,(H,18,19). The van der Waals surface area contributed by atoms with Crippen molar-refractivity contribution in [3.05, 3.63) is 23.0 Å². The Bertz CT molecular complexity index is 528. The zero-order chi connectivity index (χ0) is 15.7. The van der Waals surface area contributed by atoms with Crippen LogP contribution in [0.15, 0.2) is 6.20 Å². The van der Waals surface area contributed by atoms with Crippen molar-refractivity contribution in [1.82, 2.24) is 4.98 Å². The summed E-state index contributed by atoms with van der Waals surface area (Å²) in [6.07, 6.45) is -10.7. The van der Waals surface area contributed by atoms with E-state index in [-0.39, 0.29) is 6.20 Å². The number of carboxylic acid groups (broad SMARTS) is 1. The van der Waals surface area contributed by atoms with Gasteiger partial charge in [-0.25, -0.2) is 9.78 Å². The van der Waals surface area contributed by atoms with E-state index in [1.165, 1.54) is 0 Å². The Labute approximate surface area is 111 Å². The number of rotatable bonds is 3. The van der Waals surface area contributed by atoms with E-state index in [0.29, 0.717) is 0 Å². The first kappa shape index (κ1) is 16.3. The first-order valence-electron chi connectivity index (χ1n) is 4.61. The molecule has 1 rings (SSSR count). The molecule has 0 fully saturated rings. The Kier molecular flexibility index (Phi) is 4.37. The average molecular weight is 324 g/mol. The highest BCUT2D eigenvalue weighted by Gasteiger charge is 2.42. The number of alkyl halides is 7. The first-order chi connectivity index (χ1) is 8.97. The maximum Gasteiger partial charge on any atom is 0.573 e. The lowest BCUT2D eigenvalue weighted by Gasteiger charge is -2.18. The van der Waals surface area contributed by atoms with E-state index in [1.807, 2.05) is 0 Å². The molecule has 4 nitrogen and oxygen atoms in total. The molecule has 0 bridgehead atoms. The third-order valence-corrected chi connectivity index (χ3v) is 2.25. The third kappa shape index (κ3) is 3.65. The Morgan fingerprint density at radius 3 is 2.20 bits per heavy atom. The van der Waals surface area contributed by atoms with E-state index in [2.05, 4.69) is 9.72 Å². The number of aromatic nitrogens is 1. The largest absolute Gasteiger partial charge is 0.573 e. The van der Waals surface area contributed by atoms with Crippen LogP contribution in [0.2, 0.25) is 0 Å². The predicted molar refractivity (Wildman–Crippen MR) is 52.4 cm³/mol. The van der Waals surface area contributed by atoms with Crippen molar-refractivity contribution >= 4 is 17.6 Å². The van der Waals surface area contributed by atoms with Gasteiger partial charge in [-0.05, 0) is 0 Å². The molecule has 0 unspecified atom stereocenters. The highest BCUT2D eigenvalue weighted by Crippen LogP contribution is 2.41. The van der Waals surface area contributed by atoms with Crippen molar-refractivity contribution in [3.8, 4) is 5.75 Å². The molecule has 1 N–H and O–H groups in total. The zero-order valence-electron chi connectivity index (χ0n) is 9.14. The molecule has 20 heavy (non-hydrogen) atoms. The van der Waals surface area contributed by atoms with E-state index < -0.39 is 47.0 Å². The Morgan fingerprint density at radius 2 is 1.85 bits per heavy atom. The second-order valence-electron chi connectivity index (χ2n) is 3.31. The highest BCUT2D eigenvalue weighted by molar-refractivity contribution is 6.17. The number of carbonyl (C=O) groups is 1. The molecule has 1 aromatic rings. The van der Waals surface area contributed by atoms with Gasteiger partial charge in [-0.3, -0.25) is 0 Å². The van der Waals surface area contributed by atoms with Crippen LogP contribution in [0.1, 0.15) is 21.6 Å². The quantitative estimate of drug-likeness (QED) is 0.684. The van der Waals surface area contributed by atoms with Crippen molar-refractivity contribution in [2.45, 2.75) is 18.4 Å². The number of carboxylic acids is 1.